The van der Waals surface area contributed by atoms with Crippen LogP contribution in [0.2, 0.25) is 0 Å². The smallest absolute Gasteiger partial charge is 0.340 e. The lowest BCUT2D eigenvalue weighted by Gasteiger charge is -2.14. The Hall–Kier alpha value is -3.42. The highest BCUT2D eigenvalue weighted by atomic mass is 16.5. The van der Waals surface area contributed by atoms with Gasteiger partial charge in [-0.05, 0) is 42.3 Å². The molecule has 0 saturated carbocycles. The molecule has 2 rings (SSSR count). The Kier molecular flexibility index (Phi) is 7.70. The van der Waals surface area contributed by atoms with Crippen molar-refractivity contribution in [2.45, 2.75) is 12.8 Å². The molecule has 0 spiro atoms. The van der Waals surface area contributed by atoms with Gasteiger partial charge in [0, 0.05) is 6.42 Å². The molecule has 0 fully saturated rings. The monoisotopic (exact) mass is 403 g/mol. The van der Waals surface area contributed by atoms with Gasteiger partial charge in [-0.25, -0.2) is 4.79 Å². The quantitative estimate of drug-likeness (QED) is 0.643. The molecule has 156 valence electrons. The van der Waals surface area contributed by atoms with E-state index in [0.29, 0.717) is 35.1 Å². The summed E-state index contributed by atoms with van der Waals surface area (Å²) in [6.45, 7) is 0. The average Bonchev–Trinajstić information content (AvgIpc) is 2.76. The lowest BCUT2D eigenvalue weighted by Crippen LogP contribution is -2.16. The fourth-order valence-corrected chi connectivity index (χ4v) is 2.79. The maximum Gasteiger partial charge on any atom is 0.340 e. The van der Waals surface area contributed by atoms with E-state index in [1.165, 1.54) is 41.6 Å². The number of anilines is 1. The second-order valence-corrected chi connectivity index (χ2v) is 5.98. The topological polar surface area (TPSA) is 92.3 Å². The molecule has 1 N–H and O–H groups in total. The van der Waals surface area contributed by atoms with Crippen molar-refractivity contribution in [1.29, 1.82) is 0 Å². The molecule has 0 aromatic heterocycles. The molecule has 0 aliphatic heterocycles. The van der Waals surface area contributed by atoms with Gasteiger partial charge in [0.25, 0.3) is 0 Å². The van der Waals surface area contributed by atoms with Crippen molar-refractivity contribution in [2.75, 3.05) is 40.9 Å². The molecule has 0 radical (unpaired) electrons. The van der Waals surface area contributed by atoms with Gasteiger partial charge in [-0.3, -0.25) is 4.79 Å². The van der Waals surface area contributed by atoms with E-state index in [2.05, 4.69) is 5.32 Å². The number of rotatable bonds is 9. The van der Waals surface area contributed by atoms with Gasteiger partial charge in [0.05, 0.1) is 46.8 Å². The first-order chi connectivity index (χ1) is 14.0. The third-order valence-corrected chi connectivity index (χ3v) is 4.27. The van der Waals surface area contributed by atoms with E-state index in [-0.39, 0.29) is 17.9 Å². The Morgan fingerprint density at radius 1 is 0.862 bits per heavy atom. The average molecular weight is 403 g/mol. The number of esters is 1. The number of methoxy groups -OCH3 is 5. The summed E-state index contributed by atoms with van der Waals surface area (Å²) >= 11 is 0. The first-order valence-electron chi connectivity index (χ1n) is 8.82. The minimum atomic E-state index is -0.566. The standard InChI is InChI=1S/C21H25NO7/c1-25-14-7-8-16(15(12-14)21(24)29-5)22-19(23)9-6-13-10-17(26-2)20(28-4)18(11-13)27-3/h7-8,10-12H,6,9H2,1-5H3,(H,22,23). The molecule has 0 heterocycles. The Bertz CT molecular complexity index is 854. The highest BCUT2D eigenvalue weighted by Crippen LogP contribution is 2.38. The van der Waals surface area contributed by atoms with Crippen LogP contribution in [0.15, 0.2) is 30.3 Å². The number of hydrogen-bond acceptors (Lipinski definition) is 7. The van der Waals surface area contributed by atoms with Crippen molar-refractivity contribution < 1.29 is 33.3 Å². The van der Waals surface area contributed by atoms with Crippen LogP contribution < -0.4 is 24.3 Å². The molecule has 1 amide bonds. The van der Waals surface area contributed by atoms with E-state index >= 15 is 0 Å². The van der Waals surface area contributed by atoms with Crippen LogP contribution in [0, 0.1) is 0 Å². The molecule has 2 aromatic rings. The highest BCUT2D eigenvalue weighted by Gasteiger charge is 2.17. The van der Waals surface area contributed by atoms with Crippen molar-refractivity contribution in [3.05, 3.63) is 41.5 Å². The molecule has 0 atom stereocenters. The molecular weight excluding hydrogens is 378 g/mol. The van der Waals surface area contributed by atoms with Gasteiger partial charge in [-0.2, -0.15) is 0 Å². The van der Waals surface area contributed by atoms with Gasteiger partial charge in [0.2, 0.25) is 11.7 Å². The molecule has 0 aliphatic rings. The number of hydrogen-bond donors (Lipinski definition) is 1. The zero-order valence-electron chi connectivity index (χ0n) is 17.2. The number of nitrogens with one attached hydrogen (secondary N) is 1. The Morgan fingerprint density at radius 3 is 2.03 bits per heavy atom. The zero-order valence-corrected chi connectivity index (χ0v) is 17.2. The molecule has 8 heteroatoms. The second-order valence-electron chi connectivity index (χ2n) is 5.98. The second kappa shape index (κ2) is 10.2. The molecular formula is C21H25NO7. The third kappa shape index (κ3) is 5.31. The van der Waals surface area contributed by atoms with Crippen LogP contribution in [0.25, 0.3) is 0 Å². The van der Waals surface area contributed by atoms with Gasteiger partial charge in [-0.1, -0.05) is 0 Å². The van der Waals surface area contributed by atoms with E-state index in [1.807, 2.05) is 0 Å². The van der Waals surface area contributed by atoms with E-state index in [1.54, 1.807) is 24.3 Å². The fraction of sp³-hybridized carbons (Fsp3) is 0.333. The van der Waals surface area contributed by atoms with Crippen LogP contribution in [0.4, 0.5) is 5.69 Å². The molecule has 0 bridgehead atoms. The van der Waals surface area contributed by atoms with Gasteiger partial charge < -0.3 is 29.0 Å². The van der Waals surface area contributed by atoms with E-state index in [0.717, 1.165) is 5.56 Å². The van der Waals surface area contributed by atoms with Gasteiger partial charge in [0.15, 0.2) is 11.5 Å². The molecule has 0 unspecified atom stereocenters. The summed E-state index contributed by atoms with van der Waals surface area (Å²) in [4.78, 5) is 24.4. The van der Waals surface area contributed by atoms with E-state index < -0.39 is 5.97 Å². The molecule has 2 aromatic carbocycles. The minimum absolute atomic E-state index is 0.186. The Labute approximate surface area is 169 Å². The molecule has 0 aliphatic carbocycles. The summed E-state index contributed by atoms with van der Waals surface area (Å²) in [6, 6.07) is 8.36. The number of benzene rings is 2. The maximum atomic E-state index is 12.5. The maximum absolute atomic E-state index is 12.5. The summed E-state index contributed by atoms with van der Waals surface area (Å²) in [5, 5.41) is 2.74. The van der Waals surface area contributed by atoms with Crippen LogP contribution in [0.1, 0.15) is 22.3 Å². The summed E-state index contributed by atoms with van der Waals surface area (Å²) < 4.78 is 25.9. The number of aryl methyl sites for hydroxylation is 1. The Balaban J connectivity index is 2.14. The predicted molar refractivity (Wildman–Crippen MR) is 107 cm³/mol. The van der Waals surface area contributed by atoms with Crippen molar-refractivity contribution in [3.8, 4) is 23.0 Å². The molecule has 0 saturated heterocycles. The van der Waals surface area contributed by atoms with Crippen molar-refractivity contribution in [2.24, 2.45) is 0 Å². The van der Waals surface area contributed by atoms with Crippen molar-refractivity contribution >= 4 is 17.6 Å². The molecule has 8 nitrogen and oxygen atoms in total. The largest absolute Gasteiger partial charge is 0.497 e. The zero-order chi connectivity index (χ0) is 21.4. The normalized spacial score (nSPS) is 10.1. The van der Waals surface area contributed by atoms with Crippen molar-refractivity contribution in [3.63, 3.8) is 0 Å². The summed E-state index contributed by atoms with van der Waals surface area (Å²) in [6.07, 6.45) is 0.623. The SMILES string of the molecule is COC(=O)c1cc(OC)ccc1NC(=O)CCc1cc(OC)c(OC)c(OC)c1. The number of carbonyl (C=O) groups is 2. The summed E-state index contributed by atoms with van der Waals surface area (Å²) in [7, 11) is 7.36. The van der Waals surface area contributed by atoms with Crippen LogP contribution in [-0.4, -0.2) is 47.4 Å². The third-order valence-electron chi connectivity index (χ3n) is 4.27. The number of ether oxygens (including phenoxy) is 5. The Morgan fingerprint density at radius 2 is 1.52 bits per heavy atom. The van der Waals surface area contributed by atoms with Crippen LogP contribution in [0.3, 0.4) is 0 Å². The van der Waals surface area contributed by atoms with Crippen LogP contribution in [-0.2, 0) is 16.0 Å². The highest BCUT2D eigenvalue weighted by molar-refractivity contribution is 6.01. The number of carbonyl (C=O) groups excluding carboxylic acids is 2. The van der Waals surface area contributed by atoms with Crippen molar-refractivity contribution in [1.82, 2.24) is 0 Å². The van der Waals surface area contributed by atoms with Gasteiger partial charge in [0.1, 0.15) is 5.75 Å². The van der Waals surface area contributed by atoms with Crippen LogP contribution >= 0.6 is 0 Å². The summed E-state index contributed by atoms with van der Waals surface area (Å²) in [5.41, 5.74) is 1.41. The summed E-state index contributed by atoms with van der Waals surface area (Å²) in [5.74, 6) is 1.19. The first-order valence-corrected chi connectivity index (χ1v) is 8.82. The van der Waals surface area contributed by atoms with E-state index in [9.17, 15) is 9.59 Å². The van der Waals surface area contributed by atoms with Gasteiger partial charge in [-0.15, -0.1) is 0 Å². The minimum Gasteiger partial charge on any atom is -0.497 e. The van der Waals surface area contributed by atoms with E-state index in [4.69, 9.17) is 23.7 Å². The lowest BCUT2D eigenvalue weighted by molar-refractivity contribution is -0.116. The first kappa shape index (κ1) is 21.9. The van der Waals surface area contributed by atoms with Crippen LogP contribution in [0.5, 0.6) is 23.0 Å². The van der Waals surface area contributed by atoms with Gasteiger partial charge >= 0.3 is 5.97 Å². The molecule has 29 heavy (non-hydrogen) atoms. The predicted octanol–water partition coefficient (Wildman–Crippen LogP) is 3.08. The lowest BCUT2D eigenvalue weighted by atomic mass is 10.1. The fourth-order valence-electron chi connectivity index (χ4n) is 2.79. The number of amides is 1.